The molecule has 5 heteroatoms. The number of hydrogen-bond acceptors (Lipinski definition) is 2. The Balaban J connectivity index is 0.00000225. The van der Waals surface area contributed by atoms with Crippen LogP contribution in [0.2, 0.25) is 0 Å². The van der Waals surface area contributed by atoms with Gasteiger partial charge in [0.2, 0.25) is 0 Å². The minimum atomic E-state index is 0. The minimum Gasteiger partial charge on any atom is -0.396 e. The van der Waals surface area contributed by atoms with Gasteiger partial charge in [-0.1, -0.05) is 19.3 Å². The number of guanidine groups is 1. The summed E-state index contributed by atoms with van der Waals surface area (Å²) in [5.41, 5.74) is 0.238. The smallest absolute Gasteiger partial charge is 0.191 e. The Morgan fingerprint density at radius 1 is 1.08 bits per heavy atom. The molecule has 3 N–H and O–H groups in total. The predicted octanol–water partition coefficient (Wildman–Crippen LogP) is 3.93. The first kappa shape index (κ1) is 21.3. The van der Waals surface area contributed by atoms with Gasteiger partial charge in [-0.3, -0.25) is 4.99 Å². The quantitative estimate of drug-likeness (QED) is 0.276. The van der Waals surface area contributed by atoms with E-state index in [1.54, 1.807) is 0 Å². The van der Waals surface area contributed by atoms with E-state index in [1.807, 2.05) is 0 Å². The van der Waals surface area contributed by atoms with Crippen LogP contribution in [-0.4, -0.2) is 37.3 Å². The number of nitrogens with one attached hydrogen (secondary N) is 2. The van der Waals surface area contributed by atoms with Crippen LogP contribution >= 0.6 is 24.0 Å². The lowest BCUT2D eigenvalue weighted by atomic mass is 9.72. The van der Waals surface area contributed by atoms with Gasteiger partial charge < -0.3 is 15.7 Å². The van der Waals surface area contributed by atoms with Crippen molar-refractivity contribution in [2.24, 2.45) is 28.2 Å². The molecule has 3 rings (SSSR count). The molecule has 0 heterocycles. The third-order valence-corrected chi connectivity index (χ3v) is 6.43. The summed E-state index contributed by atoms with van der Waals surface area (Å²) in [6.07, 6.45) is 13.1. The lowest BCUT2D eigenvalue weighted by molar-refractivity contribution is 0.137. The van der Waals surface area contributed by atoms with E-state index in [2.05, 4.69) is 17.6 Å². The van der Waals surface area contributed by atoms with E-state index in [0.29, 0.717) is 6.61 Å². The first-order chi connectivity index (χ1) is 11.8. The minimum absolute atomic E-state index is 0. The summed E-state index contributed by atoms with van der Waals surface area (Å²) in [5, 5.41) is 16.6. The second-order valence-corrected chi connectivity index (χ2v) is 8.45. The molecule has 25 heavy (non-hydrogen) atoms. The maximum absolute atomic E-state index is 9.48. The van der Waals surface area contributed by atoms with Crippen LogP contribution in [0.3, 0.4) is 0 Å². The molecule has 3 aliphatic carbocycles. The lowest BCUT2D eigenvalue weighted by Crippen LogP contribution is -2.41. The Morgan fingerprint density at radius 3 is 2.24 bits per heavy atom. The fourth-order valence-electron chi connectivity index (χ4n) is 4.60. The Bertz CT molecular complexity index is 398. The zero-order valence-corrected chi connectivity index (χ0v) is 18.3. The van der Waals surface area contributed by atoms with E-state index in [1.165, 1.54) is 57.8 Å². The van der Waals surface area contributed by atoms with Gasteiger partial charge in [0.05, 0.1) is 0 Å². The number of halogens is 1. The molecule has 0 saturated heterocycles. The highest BCUT2D eigenvalue weighted by Gasteiger charge is 2.41. The third kappa shape index (κ3) is 6.56. The highest BCUT2D eigenvalue weighted by Crippen LogP contribution is 2.48. The molecule has 0 atom stereocenters. The number of hydrogen-bond donors (Lipinski definition) is 3. The summed E-state index contributed by atoms with van der Waals surface area (Å²) in [6, 6.07) is 0. The second-order valence-electron chi connectivity index (χ2n) is 8.45. The highest BCUT2D eigenvalue weighted by molar-refractivity contribution is 14.0. The van der Waals surface area contributed by atoms with Crippen LogP contribution in [0.4, 0.5) is 0 Å². The Labute approximate surface area is 171 Å². The molecule has 0 spiro atoms. The molecule has 3 saturated carbocycles. The van der Waals surface area contributed by atoms with E-state index in [0.717, 1.165) is 49.8 Å². The first-order valence-corrected chi connectivity index (χ1v) is 10.4. The zero-order valence-electron chi connectivity index (χ0n) is 15.9. The molecule has 0 unspecified atom stereocenters. The molecule has 0 aromatic heterocycles. The van der Waals surface area contributed by atoms with Crippen molar-refractivity contribution in [3.05, 3.63) is 0 Å². The number of aliphatic hydroxyl groups excluding tert-OH is 1. The molecular weight excluding hydrogens is 425 g/mol. The summed E-state index contributed by atoms with van der Waals surface area (Å²) < 4.78 is 0. The predicted molar refractivity (Wildman–Crippen MR) is 116 cm³/mol. The summed E-state index contributed by atoms with van der Waals surface area (Å²) in [4.78, 5) is 4.94. The Hall–Kier alpha value is -0.0400. The Kier molecular flexibility index (Phi) is 8.79. The normalized spacial score (nSPS) is 23.2. The van der Waals surface area contributed by atoms with Gasteiger partial charge in [-0.25, -0.2) is 0 Å². The molecule has 4 nitrogen and oxygen atoms in total. The SMILES string of the molecule is CCNC(=NCC1(CCO)CCCCC1)NCC(C1CC1)C1CC1.I. The van der Waals surface area contributed by atoms with E-state index in [9.17, 15) is 5.11 Å². The Morgan fingerprint density at radius 2 is 1.72 bits per heavy atom. The zero-order chi connectivity index (χ0) is 16.8. The lowest BCUT2D eigenvalue weighted by Gasteiger charge is -2.35. The summed E-state index contributed by atoms with van der Waals surface area (Å²) in [6.45, 7) is 5.30. The van der Waals surface area contributed by atoms with Crippen LogP contribution in [0.25, 0.3) is 0 Å². The van der Waals surface area contributed by atoms with E-state index in [-0.39, 0.29) is 29.4 Å². The molecule has 0 radical (unpaired) electrons. The standard InChI is InChI=1S/C20H37N3O.HI/c1-2-21-19(22-14-18(16-6-7-16)17-8-9-17)23-15-20(12-13-24)10-4-3-5-11-20;/h16-18,24H,2-15H2,1H3,(H2,21,22,23);1H. The highest BCUT2D eigenvalue weighted by atomic mass is 127. The molecule has 3 aliphatic rings. The fraction of sp³-hybridized carbons (Fsp3) is 0.950. The monoisotopic (exact) mass is 463 g/mol. The number of aliphatic hydroxyl groups is 1. The van der Waals surface area contributed by atoms with Gasteiger partial charge in [-0.15, -0.1) is 24.0 Å². The first-order valence-electron chi connectivity index (χ1n) is 10.4. The van der Waals surface area contributed by atoms with E-state index in [4.69, 9.17) is 4.99 Å². The molecule has 3 fully saturated rings. The van der Waals surface area contributed by atoms with Crippen molar-refractivity contribution in [3.63, 3.8) is 0 Å². The van der Waals surface area contributed by atoms with Crippen molar-refractivity contribution in [1.29, 1.82) is 0 Å². The molecule has 0 aromatic carbocycles. The summed E-state index contributed by atoms with van der Waals surface area (Å²) in [7, 11) is 0. The number of aliphatic imine (C=N–C) groups is 1. The largest absolute Gasteiger partial charge is 0.396 e. The van der Waals surface area contributed by atoms with Gasteiger partial charge >= 0.3 is 0 Å². The van der Waals surface area contributed by atoms with Crippen molar-refractivity contribution >= 4 is 29.9 Å². The van der Waals surface area contributed by atoms with Crippen molar-refractivity contribution in [2.45, 2.75) is 71.1 Å². The van der Waals surface area contributed by atoms with Crippen LogP contribution in [-0.2, 0) is 0 Å². The van der Waals surface area contributed by atoms with Crippen molar-refractivity contribution in [1.82, 2.24) is 10.6 Å². The second kappa shape index (κ2) is 10.3. The van der Waals surface area contributed by atoms with E-state index < -0.39 is 0 Å². The van der Waals surface area contributed by atoms with Gasteiger partial charge in [0.25, 0.3) is 0 Å². The third-order valence-electron chi connectivity index (χ3n) is 6.43. The molecule has 146 valence electrons. The van der Waals surface area contributed by atoms with Gasteiger partial charge in [-0.2, -0.15) is 0 Å². The van der Waals surface area contributed by atoms with Gasteiger partial charge in [0.15, 0.2) is 5.96 Å². The number of rotatable bonds is 9. The van der Waals surface area contributed by atoms with Crippen LogP contribution in [0.1, 0.15) is 71.1 Å². The maximum atomic E-state index is 9.48. The average molecular weight is 463 g/mol. The molecule has 0 amide bonds. The molecule has 0 aliphatic heterocycles. The van der Waals surface area contributed by atoms with Crippen molar-refractivity contribution < 1.29 is 5.11 Å². The number of nitrogens with zero attached hydrogens (tertiary/aromatic N) is 1. The van der Waals surface area contributed by atoms with Gasteiger partial charge in [0, 0.05) is 26.2 Å². The van der Waals surface area contributed by atoms with Crippen LogP contribution in [0.15, 0.2) is 4.99 Å². The van der Waals surface area contributed by atoms with Gasteiger partial charge in [-0.05, 0) is 75.0 Å². The van der Waals surface area contributed by atoms with E-state index >= 15 is 0 Å². The summed E-state index contributed by atoms with van der Waals surface area (Å²) >= 11 is 0. The van der Waals surface area contributed by atoms with Crippen LogP contribution in [0, 0.1) is 23.2 Å². The summed E-state index contributed by atoms with van der Waals surface area (Å²) in [5.74, 6) is 3.82. The van der Waals surface area contributed by atoms with Gasteiger partial charge in [0.1, 0.15) is 0 Å². The topological polar surface area (TPSA) is 56.7 Å². The van der Waals surface area contributed by atoms with Crippen molar-refractivity contribution in [2.75, 3.05) is 26.2 Å². The van der Waals surface area contributed by atoms with Crippen LogP contribution < -0.4 is 10.6 Å². The van der Waals surface area contributed by atoms with Crippen molar-refractivity contribution in [3.8, 4) is 0 Å². The maximum Gasteiger partial charge on any atom is 0.191 e. The molecule has 0 bridgehead atoms. The molecule has 0 aromatic rings. The average Bonchev–Trinajstić information content (AvgIpc) is 3.47. The molecular formula is C20H38IN3O. The van der Waals surface area contributed by atoms with Crippen LogP contribution in [0.5, 0.6) is 0 Å². The fourth-order valence-corrected chi connectivity index (χ4v) is 4.60.